The van der Waals surface area contributed by atoms with Crippen LogP contribution in [0.4, 0.5) is 5.00 Å². The van der Waals surface area contributed by atoms with Crippen LogP contribution in [0.15, 0.2) is 24.3 Å². The van der Waals surface area contributed by atoms with Crippen molar-refractivity contribution in [2.75, 3.05) is 18.5 Å². The predicted molar refractivity (Wildman–Crippen MR) is 122 cm³/mol. The molecule has 0 saturated heterocycles. The lowest BCUT2D eigenvalue weighted by atomic mass is 10.1. The van der Waals surface area contributed by atoms with Gasteiger partial charge in [0.05, 0.1) is 33.8 Å². The first-order chi connectivity index (χ1) is 14.9. The number of ether oxygens (including phenoxy) is 2. The molecule has 3 aromatic rings. The zero-order valence-electron chi connectivity index (χ0n) is 17.6. The number of thiazole rings is 1. The summed E-state index contributed by atoms with van der Waals surface area (Å²) in [7, 11) is 0. The lowest BCUT2D eigenvalue weighted by Gasteiger charge is -2.08. The molecule has 1 amide bonds. The monoisotopic (exact) mass is 460 g/mol. The highest BCUT2D eigenvalue weighted by molar-refractivity contribution is 7.18. The first-order valence-corrected chi connectivity index (χ1v) is 11.7. The first kappa shape index (κ1) is 22.9. The fourth-order valence-corrected chi connectivity index (χ4v) is 5.24. The van der Waals surface area contributed by atoms with Crippen LogP contribution >= 0.6 is 22.7 Å². The van der Waals surface area contributed by atoms with Gasteiger partial charge in [0.2, 0.25) is 0 Å². The predicted octanol–water partition coefficient (Wildman–Crippen LogP) is 4.52. The Morgan fingerprint density at radius 3 is 2.58 bits per heavy atom. The van der Waals surface area contributed by atoms with Gasteiger partial charge < -0.3 is 14.8 Å². The van der Waals surface area contributed by atoms with Crippen LogP contribution in [0.25, 0.3) is 10.2 Å². The highest BCUT2D eigenvalue weighted by atomic mass is 32.1. The summed E-state index contributed by atoms with van der Waals surface area (Å²) < 4.78 is 11.3. The molecular weight excluding hydrogens is 436 g/mol. The van der Waals surface area contributed by atoms with Gasteiger partial charge in [-0.2, -0.15) is 0 Å². The van der Waals surface area contributed by atoms with Crippen molar-refractivity contribution in [1.82, 2.24) is 4.98 Å². The zero-order valence-corrected chi connectivity index (χ0v) is 19.3. The van der Waals surface area contributed by atoms with E-state index in [0.717, 1.165) is 25.7 Å². The molecule has 0 bridgehead atoms. The number of anilines is 1. The van der Waals surface area contributed by atoms with E-state index in [1.807, 2.05) is 38.1 Å². The largest absolute Gasteiger partial charge is 0.462 e. The molecule has 0 fully saturated rings. The van der Waals surface area contributed by atoms with Gasteiger partial charge in [-0.3, -0.25) is 9.59 Å². The number of rotatable bonds is 9. The van der Waals surface area contributed by atoms with Crippen molar-refractivity contribution in [2.45, 2.75) is 40.0 Å². The fourth-order valence-electron chi connectivity index (χ4n) is 3.13. The molecule has 0 radical (unpaired) electrons. The molecule has 164 valence electrons. The van der Waals surface area contributed by atoms with E-state index >= 15 is 0 Å². The SMILES string of the molecule is CCOC(=O)c1c(NC(=O)COC(=O)CCc2nc3ccccc3s2)sc(C)c1CC. The third kappa shape index (κ3) is 5.68. The van der Waals surface area contributed by atoms with Gasteiger partial charge in [0.1, 0.15) is 5.00 Å². The van der Waals surface area contributed by atoms with Gasteiger partial charge in [-0.15, -0.1) is 22.7 Å². The number of aromatic nitrogens is 1. The van der Waals surface area contributed by atoms with Crippen LogP contribution in [0.1, 0.15) is 46.1 Å². The van der Waals surface area contributed by atoms with Crippen LogP contribution in [0.5, 0.6) is 0 Å². The van der Waals surface area contributed by atoms with Crippen molar-refractivity contribution in [3.05, 3.63) is 45.3 Å². The van der Waals surface area contributed by atoms with Gasteiger partial charge in [0.25, 0.3) is 5.91 Å². The highest BCUT2D eigenvalue weighted by Crippen LogP contribution is 2.34. The number of hydrogen-bond acceptors (Lipinski definition) is 8. The fraction of sp³-hybridized carbons (Fsp3) is 0.364. The first-order valence-electron chi connectivity index (χ1n) is 10.0. The van der Waals surface area contributed by atoms with Crippen LogP contribution in [0.2, 0.25) is 0 Å². The number of thiophene rings is 1. The van der Waals surface area contributed by atoms with Crippen molar-refractivity contribution in [3.8, 4) is 0 Å². The Morgan fingerprint density at radius 1 is 1.10 bits per heavy atom. The van der Waals surface area contributed by atoms with E-state index in [2.05, 4.69) is 10.3 Å². The van der Waals surface area contributed by atoms with E-state index in [9.17, 15) is 14.4 Å². The van der Waals surface area contributed by atoms with Gasteiger partial charge >= 0.3 is 11.9 Å². The van der Waals surface area contributed by atoms with E-state index in [4.69, 9.17) is 9.47 Å². The summed E-state index contributed by atoms with van der Waals surface area (Å²) in [6.45, 7) is 5.39. The molecular formula is C22H24N2O5S2. The Morgan fingerprint density at radius 2 is 1.87 bits per heavy atom. The summed E-state index contributed by atoms with van der Waals surface area (Å²) in [5.74, 6) is -1.44. The van der Waals surface area contributed by atoms with E-state index in [1.165, 1.54) is 22.7 Å². The molecule has 0 aliphatic heterocycles. The maximum atomic E-state index is 12.3. The number of benzene rings is 1. The molecule has 2 aromatic heterocycles. The number of carbonyl (C=O) groups excluding carboxylic acids is 3. The Bertz CT molecular complexity index is 1070. The number of fused-ring (bicyclic) bond motifs is 1. The Balaban J connectivity index is 1.53. The van der Waals surface area contributed by atoms with E-state index in [-0.39, 0.29) is 13.0 Å². The number of amides is 1. The molecule has 31 heavy (non-hydrogen) atoms. The third-order valence-electron chi connectivity index (χ3n) is 4.54. The number of carbonyl (C=O) groups is 3. The quantitative estimate of drug-likeness (QED) is 0.472. The average molecular weight is 461 g/mol. The molecule has 1 N–H and O–H groups in total. The summed E-state index contributed by atoms with van der Waals surface area (Å²) in [5.41, 5.74) is 2.14. The third-order valence-corrected chi connectivity index (χ3v) is 6.70. The van der Waals surface area contributed by atoms with E-state index in [1.54, 1.807) is 6.92 Å². The highest BCUT2D eigenvalue weighted by Gasteiger charge is 2.23. The van der Waals surface area contributed by atoms with Gasteiger partial charge in [-0.1, -0.05) is 19.1 Å². The Kier molecular flexibility index (Phi) is 7.75. The van der Waals surface area contributed by atoms with Crippen LogP contribution in [-0.4, -0.2) is 36.0 Å². The second-order valence-corrected chi connectivity index (χ2v) is 9.04. The summed E-state index contributed by atoms with van der Waals surface area (Å²) in [6, 6.07) is 7.78. The van der Waals surface area contributed by atoms with Gasteiger partial charge in [0, 0.05) is 11.3 Å². The van der Waals surface area contributed by atoms with E-state index in [0.29, 0.717) is 23.4 Å². The smallest absolute Gasteiger partial charge is 0.341 e. The molecule has 2 heterocycles. The number of nitrogens with one attached hydrogen (secondary N) is 1. The molecule has 0 unspecified atom stereocenters. The number of para-hydroxylation sites is 1. The lowest BCUT2D eigenvalue weighted by Crippen LogP contribution is -2.22. The minimum Gasteiger partial charge on any atom is -0.462 e. The number of esters is 2. The van der Waals surface area contributed by atoms with Crippen molar-refractivity contribution in [2.24, 2.45) is 0 Å². The van der Waals surface area contributed by atoms with Crippen LogP contribution < -0.4 is 5.32 Å². The van der Waals surface area contributed by atoms with Gasteiger partial charge in [-0.25, -0.2) is 9.78 Å². The molecule has 0 aliphatic carbocycles. The average Bonchev–Trinajstić information content (AvgIpc) is 3.30. The van der Waals surface area contributed by atoms with Crippen molar-refractivity contribution in [3.63, 3.8) is 0 Å². The minimum atomic E-state index is -0.497. The summed E-state index contributed by atoms with van der Waals surface area (Å²) in [6.07, 6.45) is 1.24. The van der Waals surface area contributed by atoms with Crippen LogP contribution in [-0.2, 0) is 31.9 Å². The number of nitrogens with zero attached hydrogens (tertiary/aromatic N) is 1. The second kappa shape index (κ2) is 10.5. The summed E-state index contributed by atoms with van der Waals surface area (Å²) >= 11 is 2.85. The van der Waals surface area contributed by atoms with Gasteiger partial charge in [0.15, 0.2) is 6.61 Å². The topological polar surface area (TPSA) is 94.6 Å². The minimum absolute atomic E-state index is 0.138. The summed E-state index contributed by atoms with van der Waals surface area (Å²) in [4.78, 5) is 42.1. The molecule has 0 spiro atoms. The standard InChI is InChI=1S/C22H24N2O5S2/c1-4-14-13(3)30-21(20(14)22(27)28-5-2)24-17(25)12-29-19(26)11-10-18-23-15-8-6-7-9-16(15)31-18/h6-9H,4-5,10-12H2,1-3H3,(H,24,25). The number of aryl methyl sites for hydroxylation is 2. The zero-order chi connectivity index (χ0) is 22.4. The molecule has 0 atom stereocenters. The summed E-state index contributed by atoms with van der Waals surface area (Å²) in [5, 5.41) is 3.95. The van der Waals surface area contributed by atoms with Crippen molar-refractivity contribution >= 4 is 55.7 Å². The molecule has 9 heteroatoms. The maximum absolute atomic E-state index is 12.3. The molecule has 1 aromatic carbocycles. The Hall–Kier alpha value is -2.78. The molecule has 0 saturated carbocycles. The normalized spacial score (nSPS) is 10.8. The Labute approximate surface area is 188 Å². The number of hydrogen-bond donors (Lipinski definition) is 1. The van der Waals surface area contributed by atoms with Crippen molar-refractivity contribution < 1.29 is 23.9 Å². The van der Waals surface area contributed by atoms with Crippen LogP contribution in [0, 0.1) is 6.92 Å². The molecule has 3 rings (SSSR count). The van der Waals surface area contributed by atoms with Gasteiger partial charge in [-0.05, 0) is 38.0 Å². The second-order valence-electron chi connectivity index (χ2n) is 6.70. The van der Waals surface area contributed by atoms with E-state index < -0.39 is 24.5 Å². The lowest BCUT2D eigenvalue weighted by molar-refractivity contribution is -0.147. The van der Waals surface area contributed by atoms with Crippen molar-refractivity contribution in [1.29, 1.82) is 0 Å². The maximum Gasteiger partial charge on any atom is 0.341 e. The molecule has 7 nitrogen and oxygen atoms in total. The molecule has 0 aliphatic rings. The van der Waals surface area contributed by atoms with Crippen LogP contribution in [0.3, 0.4) is 0 Å².